The van der Waals surface area contributed by atoms with Crippen molar-refractivity contribution in [2.45, 2.75) is 47.0 Å². The second kappa shape index (κ2) is 5.76. The third-order valence-corrected chi connectivity index (χ3v) is 5.05. The van der Waals surface area contributed by atoms with Crippen LogP contribution in [0.4, 0.5) is 5.69 Å². The number of rotatable bonds is 2. The summed E-state index contributed by atoms with van der Waals surface area (Å²) in [4.78, 5) is 4.95. The van der Waals surface area contributed by atoms with E-state index in [1.54, 1.807) is 0 Å². The molecule has 1 heterocycles. The summed E-state index contributed by atoms with van der Waals surface area (Å²) in [6, 6.07) is 8.89. The van der Waals surface area contributed by atoms with Crippen LogP contribution in [0.5, 0.6) is 0 Å². The molecule has 0 aliphatic carbocycles. The Hall–Kier alpha value is -1.41. The van der Waals surface area contributed by atoms with Gasteiger partial charge in [0.2, 0.25) is 0 Å². The van der Waals surface area contributed by atoms with Crippen molar-refractivity contribution < 1.29 is 0 Å². The van der Waals surface area contributed by atoms with Gasteiger partial charge in [0.15, 0.2) is 0 Å². The van der Waals surface area contributed by atoms with Crippen LogP contribution >= 0.6 is 11.8 Å². The summed E-state index contributed by atoms with van der Waals surface area (Å²) in [6.45, 7) is 17.2. The van der Waals surface area contributed by atoms with Crippen LogP contribution in [0, 0.1) is 0 Å². The van der Waals surface area contributed by atoms with Gasteiger partial charge in [-0.1, -0.05) is 51.2 Å². The fraction of sp³-hybridized carbons (Fsp3) is 0.368. The lowest BCUT2D eigenvalue weighted by Crippen LogP contribution is -2.23. The SMILES string of the molecule is C=CC1=C(C)SC(C)=C(C)N1c1ccc(C(C)(C)C)cc1. The zero-order valence-corrected chi connectivity index (χ0v) is 14.8. The van der Waals surface area contributed by atoms with Crippen LogP contribution in [-0.2, 0) is 5.41 Å². The Morgan fingerprint density at radius 1 is 1.00 bits per heavy atom. The molecule has 0 unspecified atom stereocenters. The molecule has 0 aromatic heterocycles. The third-order valence-electron chi connectivity index (χ3n) is 3.94. The van der Waals surface area contributed by atoms with Gasteiger partial charge in [0.25, 0.3) is 0 Å². The van der Waals surface area contributed by atoms with Gasteiger partial charge in [-0.2, -0.15) is 0 Å². The lowest BCUT2D eigenvalue weighted by molar-refractivity contribution is 0.590. The molecule has 0 N–H and O–H groups in total. The predicted octanol–water partition coefficient (Wildman–Crippen LogP) is 6.21. The number of nitrogens with zero attached hydrogens (tertiary/aromatic N) is 1. The third kappa shape index (κ3) is 3.11. The summed E-state index contributed by atoms with van der Waals surface area (Å²) in [6.07, 6.45) is 1.95. The number of thioether (sulfide) groups is 1. The molecule has 0 amide bonds. The van der Waals surface area contributed by atoms with Crippen molar-refractivity contribution in [2.24, 2.45) is 0 Å². The highest BCUT2D eigenvalue weighted by molar-refractivity contribution is 8.06. The van der Waals surface area contributed by atoms with Crippen molar-refractivity contribution >= 4 is 17.4 Å². The van der Waals surface area contributed by atoms with E-state index in [4.69, 9.17) is 0 Å². The minimum absolute atomic E-state index is 0.185. The number of anilines is 1. The first kappa shape index (κ1) is 16.0. The number of benzene rings is 1. The van der Waals surface area contributed by atoms with E-state index >= 15 is 0 Å². The molecule has 1 aliphatic heterocycles. The maximum Gasteiger partial charge on any atom is 0.0548 e. The second-order valence-corrected chi connectivity index (χ2v) is 7.95. The lowest BCUT2D eigenvalue weighted by Gasteiger charge is -2.33. The summed E-state index contributed by atoms with van der Waals surface area (Å²) in [5, 5.41) is 0. The molecular weight excluding hydrogens is 274 g/mol. The van der Waals surface area contributed by atoms with Crippen LogP contribution in [0.1, 0.15) is 47.1 Å². The quantitative estimate of drug-likeness (QED) is 0.639. The van der Waals surface area contributed by atoms with E-state index in [1.807, 2.05) is 17.8 Å². The zero-order valence-electron chi connectivity index (χ0n) is 13.9. The summed E-state index contributed by atoms with van der Waals surface area (Å²) in [7, 11) is 0. The Kier molecular flexibility index (Phi) is 4.38. The highest BCUT2D eigenvalue weighted by Gasteiger charge is 2.22. The van der Waals surface area contributed by atoms with Gasteiger partial charge >= 0.3 is 0 Å². The average Bonchev–Trinajstić information content (AvgIpc) is 2.41. The number of hydrogen-bond acceptors (Lipinski definition) is 2. The predicted molar refractivity (Wildman–Crippen MR) is 96.5 cm³/mol. The topological polar surface area (TPSA) is 3.24 Å². The van der Waals surface area contributed by atoms with Crippen molar-refractivity contribution in [3.05, 3.63) is 63.7 Å². The normalized spacial score (nSPS) is 16.6. The van der Waals surface area contributed by atoms with Crippen LogP contribution in [0.2, 0.25) is 0 Å². The van der Waals surface area contributed by atoms with E-state index < -0.39 is 0 Å². The van der Waals surface area contributed by atoms with Crippen LogP contribution in [0.3, 0.4) is 0 Å². The fourth-order valence-corrected chi connectivity index (χ4v) is 3.51. The van der Waals surface area contributed by atoms with Crippen molar-refractivity contribution in [3.8, 4) is 0 Å². The van der Waals surface area contributed by atoms with Crippen LogP contribution in [0.15, 0.2) is 58.1 Å². The number of hydrogen-bond donors (Lipinski definition) is 0. The molecule has 0 atom stereocenters. The molecule has 2 heteroatoms. The van der Waals surface area contributed by atoms with E-state index in [0.717, 1.165) is 0 Å². The minimum atomic E-state index is 0.185. The van der Waals surface area contributed by atoms with Gasteiger partial charge in [-0.3, -0.25) is 0 Å². The lowest BCUT2D eigenvalue weighted by atomic mass is 9.87. The molecule has 1 aliphatic rings. The van der Waals surface area contributed by atoms with Crippen LogP contribution in [-0.4, -0.2) is 0 Å². The first-order valence-electron chi connectivity index (χ1n) is 7.35. The van der Waals surface area contributed by atoms with Crippen LogP contribution in [0.25, 0.3) is 0 Å². The minimum Gasteiger partial charge on any atom is -0.313 e. The molecule has 1 aromatic rings. The molecule has 0 bridgehead atoms. The number of allylic oxidation sites excluding steroid dienone is 4. The standard InChI is InChI=1S/C19H25NS/c1-8-18-15(4)21-14(3)13(2)20(18)17-11-9-16(10-12-17)19(5,6)7/h8-12H,1H2,2-7H3. The maximum absolute atomic E-state index is 3.99. The Morgan fingerprint density at radius 3 is 2.05 bits per heavy atom. The van der Waals surface area contributed by atoms with Crippen molar-refractivity contribution in [2.75, 3.05) is 4.90 Å². The summed E-state index contributed by atoms with van der Waals surface area (Å²) in [5.74, 6) is 0. The zero-order chi connectivity index (χ0) is 15.8. The van der Waals surface area contributed by atoms with E-state index in [9.17, 15) is 0 Å². The Bertz CT molecular complexity index is 612. The fourth-order valence-electron chi connectivity index (χ4n) is 2.53. The summed E-state index contributed by atoms with van der Waals surface area (Å²) in [5.41, 5.74) is 5.21. The Balaban J connectivity index is 2.48. The van der Waals surface area contributed by atoms with Crippen molar-refractivity contribution in [3.63, 3.8) is 0 Å². The van der Waals surface area contributed by atoms with Gasteiger partial charge in [-0.05, 0) is 50.0 Å². The Morgan fingerprint density at radius 2 is 1.57 bits per heavy atom. The molecule has 21 heavy (non-hydrogen) atoms. The highest BCUT2D eigenvalue weighted by Crippen LogP contribution is 2.41. The smallest absolute Gasteiger partial charge is 0.0548 e. The molecule has 0 fully saturated rings. The maximum atomic E-state index is 3.99. The summed E-state index contributed by atoms with van der Waals surface area (Å²) < 4.78 is 0. The highest BCUT2D eigenvalue weighted by atomic mass is 32.2. The molecule has 0 spiro atoms. The van der Waals surface area contributed by atoms with Crippen molar-refractivity contribution in [1.82, 2.24) is 0 Å². The van der Waals surface area contributed by atoms with E-state index in [2.05, 4.69) is 77.3 Å². The van der Waals surface area contributed by atoms with E-state index in [1.165, 1.54) is 32.5 Å². The van der Waals surface area contributed by atoms with Gasteiger partial charge in [0, 0.05) is 21.2 Å². The first-order chi connectivity index (χ1) is 9.75. The largest absolute Gasteiger partial charge is 0.313 e. The van der Waals surface area contributed by atoms with Gasteiger partial charge in [0.05, 0.1) is 5.70 Å². The first-order valence-corrected chi connectivity index (χ1v) is 8.16. The van der Waals surface area contributed by atoms with Gasteiger partial charge in [-0.25, -0.2) is 0 Å². The van der Waals surface area contributed by atoms with Gasteiger partial charge in [-0.15, -0.1) is 0 Å². The van der Waals surface area contributed by atoms with E-state index in [0.29, 0.717) is 0 Å². The molecule has 1 aromatic carbocycles. The molecule has 112 valence electrons. The molecule has 0 saturated heterocycles. The molecule has 1 nitrogen and oxygen atoms in total. The Labute approximate surface area is 133 Å². The molecule has 0 saturated carbocycles. The monoisotopic (exact) mass is 299 g/mol. The van der Waals surface area contributed by atoms with Gasteiger partial charge < -0.3 is 4.90 Å². The van der Waals surface area contributed by atoms with Crippen LogP contribution < -0.4 is 4.90 Å². The second-order valence-electron chi connectivity index (χ2n) is 6.52. The average molecular weight is 299 g/mol. The van der Waals surface area contributed by atoms with E-state index in [-0.39, 0.29) is 5.41 Å². The van der Waals surface area contributed by atoms with Gasteiger partial charge in [0.1, 0.15) is 0 Å². The molecule has 0 radical (unpaired) electrons. The molecule has 2 rings (SSSR count). The molecular formula is C19H25NS. The van der Waals surface area contributed by atoms with Crippen molar-refractivity contribution in [1.29, 1.82) is 0 Å². The summed E-state index contributed by atoms with van der Waals surface area (Å²) >= 11 is 1.83.